The van der Waals surface area contributed by atoms with Crippen LogP contribution < -0.4 is 10.0 Å². The van der Waals surface area contributed by atoms with E-state index in [2.05, 4.69) is 55.5 Å². The number of aryl methyl sites for hydroxylation is 1. The lowest BCUT2D eigenvalue weighted by molar-refractivity contribution is -0.605. The van der Waals surface area contributed by atoms with Gasteiger partial charge in [-0.05, 0) is 43.4 Å². The molecule has 1 N–H and O–H groups in total. The predicted octanol–water partition coefficient (Wildman–Crippen LogP) is 3.26. The fourth-order valence-corrected chi connectivity index (χ4v) is 3.91. The smallest absolute Gasteiger partial charge is 0.257 e. The molecule has 6 heteroatoms. The number of pyridine rings is 1. The van der Waals surface area contributed by atoms with Crippen molar-refractivity contribution in [2.75, 3.05) is 0 Å². The Hall–Kier alpha value is -3.15. The van der Waals surface area contributed by atoms with E-state index in [0.29, 0.717) is 10.3 Å². The molecule has 0 fully saturated rings. The van der Waals surface area contributed by atoms with Crippen molar-refractivity contribution < 1.29 is 9.52 Å². The van der Waals surface area contributed by atoms with Gasteiger partial charge in [0.15, 0.2) is 12.4 Å². The molecular formula is C22H24N4O2. The highest BCUT2D eigenvalue weighted by Gasteiger charge is 2.36. The lowest BCUT2D eigenvalue weighted by Gasteiger charge is -2.36. The van der Waals surface area contributed by atoms with Crippen molar-refractivity contribution in [3.05, 3.63) is 82.6 Å². The molecule has 0 bridgehead atoms. The molecule has 28 heavy (non-hydrogen) atoms. The monoisotopic (exact) mass is 376 g/mol. The SMILES string of the molecule is Cc1ccc(-n2ncc3c2CC(C)(C)C[C@H]3NC(=O)c2ccc[n+]([O-])c2)cc1. The number of hydrogen-bond donors (Lipinski definition) is 1. The summed E-state index contributed by atoms with van der Waals surface area (Å²) in [6.07, 6.45) is 6.21. The summed E-state index contributed by atoms with van der Waals surface area (Å²) in [5.41, 5.74) is 4.76. The van der Waals surface area contributed by atoms with E-state index in [-0.39, 0.29) is 17.4 Å². The maximum absolute atomic E-state index is 12.7. The third-order valence-corrected chi connectivity index (χ3v) is 5.30. The van der Waals surface area contributed by atoms with Crippen LogP contribution in [0.3, 0.4) is 0 Å². The molecule has 0 saturated heterocycles. The predicted molar refractivity (Wildman–Crippen MR) is 106 cm³/mol. The first kappa shape index (κ1) is 18.2. The summed E-state index contributed by atoms with van der Waals surface area (Å²) in [4.78, 5) is 12.7. The number of fused-ring (bicyclic) bond motifs is 1. The van der Waals surface area contributed by atoms with Gasteiger partial charge in [-0.2, -0.15) is 9.83 Å². The van der Waals surface area contributed by atoms with Crippen LogP contribution in [0.2, 0.25) is 0 Å². The lowest BCUT2D eigenvalue weighted by atomic mass is 9.74. The number of amides is 1. The summed E-state index contributed by atoms with van der Waals surface area (Å²) in [5.74, 6) is -0.248. The van der Waals surface area contributed by atoms with E-state index in [1.165, 1.54) is 18.0 Å². The molecule has 2 aromatic heterocycles. The Morgan fingerprint density at radius 3 is 2.75 bits per heavy atom. The summed E-state index contributed by atoms with van der Waals surface area (Å²) in [6.45, 7) is 6.47. The Balaban J connectivity index is 1.67. The van der Waals surface area contributed by atoms with Gasteiger partial charge < -0.3 is 10.5 Å². The summed E-state index contributed by atoms with van der Waals surface area (Å²) in [6, 6.07) is 11.4. The standard InChI is InChI=1S/C22H24N4O2/c1-15-6-8-17(9-7-15)26-20-12-22(2,3)11-19(18(20)13-23-26)24-21(27)16-5-4-10-25(28)14-16/h4-10,13-14,19H,11-12H2,1-3H3,(H,24,27)/t19-/m1/s1. The first-order valence-corrected chi connectivity index (χ1v) is 9.46. The molecular weight excluding hydrogens is 352 g/mol. The average molecular weight is 376 g/mol. The third-order valence-electron chi connectivity index (χ3n) is 5.30. The number of rotatable bonds is 3. The van der Waals surface area contributed by atoms with Crippen LogP contribution in [0.15, 0.2) is 55.0 Å². The van der Waals surface area contributed by atoms with Crippen molar-refractivity contribution in [2.45, 2.75) is 39.7 Å². The minimum atomic E-state index is -0.248. The van der Waals surface area contributed by atoms with Gasteiger partial charge >= 0.3 is 0 Å². The van der Waals surface area contributed by atoms with Gasteiger partial charge in [-0.15, -0.1) is 0 Å². The molecule has 0 saturated carbocycles. The zero-order valence-electron chi connectivity index (χ0n) is 16.3. The van der Waals surface area contributed by atoms with Gasteiger partial charge in [-0.3, -0.25) is 4.79 Å². The molecule has 6 nitrogen and oxygen atoms in total. The largest absolute Gasteiger partial charge is 0.619 e. The average Bonchev–Trinajstić information content (AvgIpc) is 3.05. The molecule has 0 radical (unpaired) electrons. The maximum atomic E-state index is 12.7. The number of nitrogens with one attached hydrogen (secondary N) is 1. The van der Waals surface area contributed by atoms with Gasteiger partial charge in [0.05, 0.1) is 23.6 Å². The van der Waals surface area contributed by atoms with Crippen molar-refractivity contribution in [2.24, 2.45) is 5.41 Å². The second-order valence-corrected chi connectivity index (χ2v) is 8.32. The van der Waals surface area contributed by atoms with E-state index in [4.69, 9.17) is 0 Å². The number of benzene rings is 1. The van der Waals surface area contributed by atoms with E-state index in [1.54, 1.807) is 12.1 Å². The van der Waals surface area contributed by atoms with Crippen LogP contribution in [-0.2, 0) is 6.42 Å². The van der Waals surface area contributed by atoms with Crippen molar-refractivity contribution >= 4 is 5.91 Å². The number of nitrogens with zero attached hydrogens (tertiary/aromatic N) is 3. The van der Waals surface area contributed by atoms with Crippen molar-refractivity contribution in [3.63, 3.8) is 0 Å². The first-order chi connectivity index (χ1) is 13.3. The zero-order valence-corrected chi connectivity index (χ0v) is 16.3. The van der Waals surface area contributed by atoms with E-state index in [9.17, 15) is 10.0 Å². The van der Waals surface area contributed by atoms with Crippen LogP contribution in [-0.4, -0.2) is 15.7 Å². The van der Waals surface area contributed by atoms with Gasteiger partial charge in [-0.25, -0.2) is 4.68 Å². The van der Waals surface area contributed by atoms with Crippen molar-refractivity contribution in [3.8, 4) is 5.69 Å². The molecule has 1 atom stereocenters. The molecule has 4 rings (SSSR count). The van der Waals surface area contributed by atoms with Gasteiger partial charge in [0.1, 0.15) is 5.56 Å². The van der Waals surface area contributed by atoms with Gasteiger partial charge in [0.25, 0.3) is 5.91 Å². The molecule has 144 valence electrons. The Morgan fingerprint density at radius 1 is 1.29 bits per heavy atom. The zero-order chi connectivity index (χ0) is 19.9. The fourth-order valence-electron chi connectivity index (χ4n) is 3.91. The molecule has 3 aromatic rings. The molecule has 1 amide bonds. The van der Waals surface area contributed by atoms with E-state index in [1.807, 2.05) is 10.9 Å². The van der Waals surface area contributed by atoms with E-state index in [0.717, 1.165) is 29.8 Å². The minimum Gasteiger partial charge on any atom is -0.619 e. The van der Waals surface area contributed by atoms with Crippen LogP contribution in [0.25, 0.3) is 5.69 Å². The molecule has 1 aliphatic carbocycles. The Kier molecular flexibility index (Phi) is 4.41. The van der Waals surface area contributed by atoms with Gasteiger partial charge in [0.2, 0.25) is 0 Å². The molecule has 0 aliphatic heterocycles. The normalized spacial score (nSPS) is 17.8. The Labute approximate surface area is 164 Å². The van der Waals surface area contributed by atoms with E-state index < -0.39 is 0 Å². The summed E-state index contributed by atoms with van der Waals surface area (Å²) in [5, 5.41) is 19.2. The molecule has 0 unspecified atom stereocenters. The topological polar surface area (TPSA) is 73.9 Å². The Bertz CT molecular complexity index is 1020. The lowest BCUT2D eigenvalue weighted by Crippen LogP contribution is -2.37. The summed E-state index contributed by atoms with van der Waals surface area (Å²) >= 11 is 0. The van der Waals surface area contributed by atoms with Crippen LogP contribution in [0, 0.1) is 17.5 Å². The van der Waals surface area contributed by atoms with E-state index >= 15 is 0 Å². The van der Waals surface area contributed by atoms with Crippen molar-refractivity contribution in [1.82, 2.24) is 15.1 Å². The minimum absolute atomic E-state index is 0.0164. The van der Waals surface area contributed by atoms with Crippen LogP contribution in [0.5, 0.6) is 0 Å². The highest BCUT2D eigenvalue weighted by Crippen LogP contribution is 2.41. The summed E-state index contributed by atoms with van der Waals surface area (Å²) in [7, 11) is 0. The summed E-state index contributed by atoms with van der Waals surface area (Å²) < 4.78 is 2.61. The van der Waals surface area contributed by atoms with Gasteiger partial charge in [0, 0.05) is 11.6 Å². The second kappa shape index (κ2) is 6.78. The van der Waals surface area contributed by atoms with Crippen molar-refractivity contribution in [1.29, 1.82) is 0 Å². The molecule has 1 aliphatic rings. The quantitative estimate of drug-likeness (QED) is 0.563. The fraction of sp³-hybridized carbons (Fsp3) is 0.318. The van der Waals surface area contributed by atoms with Crippen LogP contribution in [0.4, 0.5) is 0 Å². The van der Waals surface area contributed by atoms with Crippen LogP contribution in [0.1, 0.15) is 53.5 Å². The first-order valence-electron chi connectivity index (χ1n) is 9.46. The molecule has 1 aromatic carbocycles. The third kappa shape index (κ3) is 3.50. The highest BCUT2D eigenvalue weighted by molar-refractivity contribution is 5.93. The number of hydrogen-bond acceptors (Lipinski definition) is 3. The second-order valence-electron chi connectivity index (χ2n) is 8.32. The Morgan fingerprint density at radius 2 is 2.04 bits per heavy atom. The number of carbonyl (C=O) groups is 1. The molecule has 2 heterocycles. The number of aromatic nitrogens is 3. The number of carbonyl (C=O) groups excluding carboxylic acids is 1. The maximum Gasteiger partial charge on any atom is 0.257 e. The highest BCUT2D eigenvalue weighted by atomic mass is 16.5. The molecule has 0 spiro atoms. The van der Waals surface area contributed by atoms with Crippen LogP contribution >= 0.6 is 0 Å². The van der Waals surface area contributed by atoms with Gasteiger partial charge in [-0.1, -0.05) is 31.5 Å².